The number of aryl methyl sites for hydroxylation is 1. The molecule has 0 atom stereocenters. The average Bonchev–Trinajstić information content (AvgIpc) is 2.90. The van der Waals surface area contributed by atoms with E-state index in [4.69, 9.17) is 9.47 Å². The Balaban J connectivity index is 1.44. The number of nitrogens with zero attached hydrogens (tertiary/aromatic N) is 3. The van der Waals surface area contributed by atoms with E-state index in [0.29, 0.717) is 11.4 Å². The van der Waals surface area contributed by atoms with E-state index >= 15 is 0 Å². The zero-order valence-electron chi connectivity index (χ0n) is 21.5. The maximum atomic E-state index is 13.1. The molecule has 6 heteroatoms. The highest BCUT2D eigenvalue weighted by Crippen LogP contribution is 2.39. The van der Waals surface area contributed by atoms with Crippen LogP contribution in [0, 0.1) is 5.41 Å². The first-order valence-corrected chi connectivity index (χ1v) is 13.3. The fraction of sp³-hybridized carbons (Fsp3) is 0.586. The summed E-state index contributed by atoms with van der Waals surface area (Å²) in [6.07, 6.45) is 10.8. The van der Waals surface area contributed by atoms with Crippen LogP contribution in [0.2, 0.25) is 0 Å². The molecule has 2 aromatic rings. The van der Waals surface area contributed by atoms with E-state index in [9.17, 15) is 4.79 Å². The summed E-state index contributed by atoms with van der Waals surface area (Å²) < 4.78 is 11.4. The summed E-state index contributed by atoms with van der Waals surface area (Å²) in [5, 5.41) is 0. The summed E-state index contributed by atoms with van der Waals surface area (Å²) in [4.78, 5) is 22.0. The van der Waals surface area contributed by atoms with Crippen LogP contribution in [0.15, 0.2) is 42.6 Å². The number of carbonyl (C=O) groups is 1. The van der Waals surface area contributed by atoms with Crippen LogP contribution in [0.25, 0.3) is 0 Å². The van der Waals surface area contributed by atoms with Gasteiger partial charge in [0.25, 0.3) is 5.91 Å². The second kappa shape index (κ2) is 12.4. The molecule has 1 saturated heterocycles. The van der Waals surface area contributed by atoms with Crippen LogP contribution in [0.1, 0.15) is 67.8 Å². The molecule has 0 N–H and O–H groups in total. The Kier molecular flexibility index (Phi) is 9.02. The maximum Gasteiger partial charge on any atom is 0.255 e. The van der Waals surface area contributed by atoms with Crippen LogP contribution in [-0.2, 0) is 6.42 Å². The molecule has 0 radical (unpaired) electrons. The number of rotatable bonds is 5. The van der Waals surface area contributed by atoms with Gasteiger partial charge in [-0.3, -0.25) is 9.69 Å². The molecule has 2 aliphatic rings. The molecule has 0 unspecified atom stereocenters. The van der Waals surface area contributed by atoms with Crippen molar-refractivity contribution in [3.63, 3.8) is 0 Å². The molecule has 4 rings (SSSR count). The number of methoxy groups -OCH3 is 1. The van der Waals surface area contributed by atoms with Crippen LogP contribution in [0.5, 0.6) is 11.6 Å². The van der Waals surface area contributed by atoms with Gasteiger partial charge in [-0.25, -0.2) is 4.98 Å². The SMILES string of the molecule is CCCCN1CCOc2ccccc2CCCCC2(CCN(C(=O)c3ccc(OC)nc3)CC2)C1. The second-order valence-electron chi connectivity index (χ2n) is 10.2. The van der Waals surface area contributed by atoms with Crippen molar-refractivity contribution in [2.75, 3.05) is 46.4 Å². The third-order valence-electron chi connectivity index (χ3n) is 7.73. The first kappa shape index (κ1) is 25.5. The van der Waals surface area contributed by atoms with Gasteiger partial charge in [0, 0.05) is 38.4 Å². The Morgan fingerprint density at radius 1 is 1.09 bits per heavy atom. The molecule has 0 aliphatic carbocycles. The monoisotopic (exact) mass is 479 g/mol. The minimum absolute atomic E-state index is 0.0796. The topological polar surface area (TPSA) is 54.9 Å². The van der Waals surface area contributed by atoms with E-state index in [1.165, 1.54) is 37.7 Å². The van der Waals surface area contributed by atoms with Crippen molar-refractivity contribution >= 4 is 5.91 Å². The smallest absolute Gasteiger partial charge is 0.255 e. The minimum Gasteiger partial charge on any atom is -0.492 e. The number of piperidine rings is 1. The number of carbonyl (C=O) groups excluding carboxylic acids is 1. The van der Waals surface area contributed by atoms with Crippen LogP contribution in [0.4, 0.5) is 0 Å². The number of benzene rings is 1. The first-order chi connectivity index (χ1) is 17.1. The molecule has 1 fully saturated rings. The Morgan fingerprint density at radius 2 is 1.91 bits per heavy atom. The van der Waals surface area contributed by atoms with Gasteiger partial charge in [-0.2, -0.15) is 0 Å². The third kappa shape index (κ3) is 6.75. The summed E-state index contributed by atoms with van der Waals surface area (Å²) >= 11 is 0. The van der Waals surface area contributed by atoms with E-state index in [2.05, 4.69) is 41.1 Å². The van der Waals surface area contributed by atoms with Gasteiger partial charge in [-0.1, -0.05) is 38.0 Å². The molecule has 1 amide bonds. The molecule has 1 aromatic heterocycles. The number of pyridine rings is 1. The largest absolute Gasteiger partial charge is 0.492 e. The number of unbranched alkanes of at least 4 members (excludes halogenated alkanes) is 1. The highest BCUT2D eigenvalue weighted by molar-refractivity contribution is 5.94. The lowest BCUT2D eigenvalue weighted by atomic mass is 9.73. The van der Waals surface area contributed by atoms with Crippen LogP contribution in [0.3, 0.4) is 0 Å². The summed E-state index contributed by atoms with van der Waals surface area (Å²) in [7, 11) is 1.59. The second-order valence-corrected chi connectivity index (χ2v) is 10.2. The van der Waals surface area contributed by atoms with Crippen molar-refractivity contribution in [3.05, 3.63) is 53.7 Å². The van der Waals surface area contributed by atoms with Gasteiger partial charge in [0.15, 0.2) is 0 Å². The van der Waals surface area contributed by atoms with Crippen molar-refractivity contribution in [2.45, 2.75) is 58.3 Å². The van der Waals surface area contributed by atoms with E-state index < -0.39 is 0 Å². The van der Waals surface area contributed by atoms with Crippen LogP contribution < -0.4 is 9.47 Å². The van der Waals surface area contributed by atoms with Gasteiger partial charge in [0.1, 0.15) is 12.4 Å². The fourth-order valence-corrected chi connectivity index (χ4v) is 5.56. The predicted octanol–water partition coefficient (Wildman–Crippen LogP) is 5.22. The molecule has 1 spiro atoms. The van der Waals surface area contributed by atoms with Crippen LogP contribution in [-0.4, -0.2) is 67.1 Å². The van der Waals surface area contributed by atoms with Crippen molar-refractivity contribution in [1.29, 1.82) is 0 Å². The molecule has 0 saturated carbocycles. The predicted molar refractivity (Wildman–Crippen MR) is 139 cm³/mol. The first-order valence-electron chi connectivity index (χ1n) is 13.3. The molecular formula is C29H41N3O3. The lowest BCUT2D eigenvalue weighted by Crippen LogP contribution is -2.49. The Hall–Kier alpha value is -2.60. The molecule has 2 aliphatic heterocycles. The van der Waals surface area contributed by atoms with Gasteiger partial charge in [-0.05, 0) is 68.2 Å². The number of para-hydroxylation sites is 1. The van der Waals surface area contributed by atoms with Crippen molar-refractivity contribution in [1.82, 2.24) is 14.8 Å². The lowest BCUT2D eigenvalue weighted by molar-refractivity contribution is 0.0374. The number of likely N-dealkylation sites (tertiary alicyclic amines) is 1. The van der Waals surface area contributed by atoms with Gasteiger partial charge < -0.3 is 14.4 Å². The van der Waals surface area contributed by atoms with Crippen molar-refractivity contribution in [2.24, 2.45) is 5.41 Å². The third-order valence-corrected chi connectivity index (χ3v) is 7.73. The Labute approximate surface area is 210 Å². The highest BCUT2D eigenvalue weighted by Gasteiger charge is 2.37. The van der Waals surface area contributed by atoms with E-state index in [1.54, 1.807) is 19.4 Å². The normalized spacial score (nSPS) is 19.2. The summed E-state index contributed by atoms with van der Waals surface area (Å²) in [6.45, 7) is 7.78. The standard InChI is InChI=1S/C29H41N3O3/c1-3-4-17-31-20-21-35-26-11-6-5-9-24(26)10-7-8-14-29(23-31)15-18-32(19-16-29)28(33)25-12-13-27(34-2)30-22-25/h5-6,9,11-13,22H,3-4,7-8,10,14-21,23H2,1-2H3. The summed E-state index contributed by atoms with van der Waals surface area (Å²) in [6, 6.07) is 12.1. The minimum atomic E-state index is 0.0796. The van der Waals surface area contributed by atoms with Crippen molar-refractivity contribution in [3.8, 4) is 11.6 Å². The molecule has 1 aromatic carbocycles. The Bertz CT molecular complexity index is 938. The van der Waals surface area contributed by atoms with Gasteiger partial charge in [-0.15, -0.1) is 0 Å². The fourth-order valence-electron chi connectivity index (χ4n) is 5.56. The molecule has 35 heavy (non-hydrogen) atoms. The zero-order chi connectivity index (χ0) is 24.5. The molecule has 0 bridgehead atoms. The van der Waals surface area contributed by atoms with E-state index in [0.717, 1.165) is 64.3 Å². The number of amides is 1. The summed E-state index contributed by atoms with van der Waals surface area (Å²) in [5.74, 6) is 1.67. The van der Waals surface area contributed by atoms with E-state index in [-0.39, 0.29) is 11.3 Å². The number of hydrogen-bond donors (Lipinski definition) is 0. The zero-order valence-corrected chi connectivity index (χ0v) is 21.5. The lowest BCUT2D eigenvalue weighted by Gasteiger charge is -2.45. The number of ether oxygens (including phenoxy) is 2. The molecule has 3 heterocycles. The maximum absolute atomic E-state index is 13.1. The number of fused-ring (bicyclic) bond motifs is 1. The number of aromatic nitrogens is 1. The molecular weight excluding hydrogens is 438 g/mol. The van der Waals surface area contributed by atoms with Crippen molar-refractivity contribution < 1.29 is 14.3 Å². The number of hydrogen-bond acceptors (Lipinski definition) is 5. The highest BCUT2D eigenvalue weighted by atomic mass is 16.5. The van der Waals surface area contributed by atoms with E-state index in [1.807, 2.05) is 11.0 Å². The Morgan fingerprint density at radius 3 is 2.66 bits per heavy atom. The quantitative estimate of drug-likeness (QED) is 0.589. The van der Waals surface area contributed by atoms with Gasteiger partial charge >= 0.3 is 0 Å². The average molecular weight is 480 g/mol. The molecule has 6 nitrogen and oxygen atoms in total. The van der Waals surface area contributed by atoms with Gasteiger partial charge in [0.2, 0.25) is 5.88 Å². The van der Waals surface area contributed by atoms with Gasteiger partial charge in [0.05, 0.1) is 12.7 Å². The summed E-state index contributed by atoms with van der Waals surface area (Å²) in [5.41, 5.74) is 2.23. The molecule has 190 valence electrons. The van der Waals surface area contributed by atoms with Crippen LogP contribution >= 0.6 is 0 Å².